The number of rotatable bonds is 4. The Balaban J connectivity index is 1.74. The summed E-state index contributed by atoms with van der Waals surface area (Å²) in [5.41, 5.74) is 2.04. The Morgan fingerprint density at radius 2 is 1.91 bits per heavy atom. The van der Waals surface area contributed by atoms with E-state index in [9.17, 15) is 14.9 Å². The number of benzene rings is 2. The smallest absolute Gasteiger partial charge is 0.269 e. The van der Waals surface area contributed by atoms with Crippen LogP contribution < -0.4 is 5.32 Å². The van der Waals surface area contributed by atoms with E-state index in [2.05, 4.69) is 15.3 Å². The standard InChI is InChI=1S/C16H14N4O3/c1-10(15-18-13-4-2-3-5-14(13)19-15)17-16(21)11-6-8-12(9-7-11)20(22)23/h2-10H,1H3,(H,17,21)(H,18,19)/t10-/m1/s1. The lowest BCUT2D eigenvalue weighted by Crippen LogP contribution is -2.27. The van der Waals surface area contributed by atoms with Crippen molar-refractivity contribution in [3.63, 3.8) is 0 Å². The highest BCUT2D eigenvalue weighted by Crippen LogP contribution is 2.17. The minimum Gasteiger partial charge on any atom is -0.342 e. The first-order valence-electron chi connectivity index (χ1n) is 7.04. The first-order valence-corrected chi connectivity index (χ1v) is 7.04. The number of para-hydroxylation sites is 2. The highest BCUT2D eigenvalue weighted by molar-refractivity contribution is 5.94. The van der Waals surface area contributed by atoms with Crippen molar-refractivity contribution >= 4 is 22.6 Å². The van der Waals surface area contributed by atoms with E-state index in [0.717, 1.165) is 11.0 Å². The lowest BCUT2D eigenvalue weighted by Gasteiger charge is -2.11. The Morgan fingerprint density at radius 1 is 1.22 bits per heavy atom. The molecule has 7 heteroatoms. The van der Waals surface area contributed by atoms with Crippen molar-refractivity contribution in [2.45, 2.75) is 13.0 Å². The van der Waals surface area contributed by atoms with Gasteiger partial charge in [0.15, 0.2) is 0 Å². The number of nitro benzene ring substituents is 1. The van der Waals surface area contributed by atoms with E-state index in [4.69, 9.17) is 0 Å². The van der Waals surface area contributed by atoms with Crippen LogP contribution in [0.15, 0.2) is 48.5 Å². The minimum absolute atomic E-state index is 0.0492. The van der Waals surface area contributed by atoms with E-state index >= 15 is 0 Å². The predicted octanol–water partition coefficient (Wildman–Crippen LogP) is 2.96. The average Bonchev–Trinajstić information content (AvgIpc) is 2.99. The number of hydrogen-bond donors (Lipinski definition) is 2. The second kappa shape index (κ2) is 5.88. The van der Waals surface area contributed by atoms with Gasteiger partial charge in [-0.25, -0.2) is 4.98 Å². The van der Waals surface area contributed by atoms with Crippen LogP contribution in [0.1, 0.15) is 29.1 Å². The van der Waals surface area contributed by atoms with Gasteiger partial charge in [-0.3, -0.25) is 14.9 Å². The molecule has 116 valence electrons. The van der Waals surface area contributed by atoms with E-state index in [-0.39, 0.29) is 17.6 Å². The van der Waals surface area contributed by atoms with Gasteiger partial charge in [-0.1, -0.05) is 12.1 Å². The summed E-state index contributed by atoms with van der Waals surface area (Å²) >= 11 is 0. The fraction of sp³-hybridized carbons (Fsp3) is 0.125. The molecule has 0 aliphatic rings. The molecule has 0 unspecified atom stereocenters. The lowest BCUT2D eigenvalue weighted by atomic mass is 10.2. The molecule has 0 aliphatic heterocycles. The van der Waals surface area contributed by atoms with Crippen LogP contribution >= 0.6 is 0 Å². The molecular formula is C16H14N4O3. The second-order valence-electron chi connectivity index (χ2n) is 5.14. The van der Waals surface area contributed by atoms with Crippen LogP contribution in [0.4, 0.5) is 5.69 Å². The molecule has 2 N–H and O–H groups in total. The van der Waals surface area contributed by atoms with Crippen LogP contribution in [0.25, 0.3) is 11.0 Å². The Bertz CT molecular complexity index is 837. The summed E-state index contributed by atoms with van der Waals surface area (Å²) in [5.74, 6) is 0.342. The summed E-state index contributed by atoms with van der Waals surface area (Å²) in [6.45, 7) is 1.82. The quantitative estimate of drug-likeness (QED) is 0.571. The number of nitro groups is 1. The number of non-ortho nitro benzene ring substituents is 1. The van der Waals surface area contributed by atoms with E-state index in [1.54, 1.807) is 0 Å². The molecule has 1 aromatic heterocycles. The zero-order valence-corrected chi connectivity index (χ0v) is 12.3. The summed E-state index contributed by atoms with van der Waals surface area (Å²) in [7, 11) is 0. The fourth-order valence-electron chi connectivity index (χ4n) is 2.26. The molecule has 0 fully saturated rings. The van der Waals surface area contributed by atoms with Crippen LogP contribution in [0.5, 0.6) is 0 Å². The Labute approximate surface area is 131 Å². The Morgan fingerprint density at radius 3 is 2.57 bits per heavy atom. The van der Waals surface area contributed by atoms with Crippen LogP contribution in [0, 0.1) is 10.1 Å². The van der Waals surface area contributed by atoms with Gasteiger partial charge in [-0.2, -0.15) is 0 Å². The molecule has 0 radical (unpaired) electrons. The third-order valence-corrected chi connectivity index (χ3v) is 3.51. The van der Waals surface area contributed by atoms with Gasteiger partial charge in [0.1, 0.15) is 5.82 Å². The zero-order valence-electron chi connectivity index (χ0n) is 12.3. The number of carbonyl (C=O) groups excluding carboxylic acids is 1. The number of aromatic amines is 1. The second-order valence-corrected chi connectivity index (χ2v) is 5.14. The molecule has 7 nitrogen and oxygen atoms in total. The monoisotopic (exact) mass is 310 g/mol. The number of fused-ring (bicyclic) bond motifs is 1. The number of H-pyrrole nitrogens is 1. The van der Waals surface area contributed by atoms with Crippen molar-refractivity contribution in [3.05, 3.63) is 70.0 Å². The molecule has 1 amide bonds. The van der Waals surface area contributed by atoms with Crippen LogP contribution in [0.2, 0.25) is 0 Å². The molecule has 1 atom stereocenters. The number of carbonyl (C=O) groups is 1. The van der Waals surface area contributed by atoms with E-state index in [1.807, 2.05) is 31.2 Å². The molecule has 0 bridgehead atoms. The maximum absolute atomic E-state index is 12.2. The van der Waals surface area contributed by atoms with Crippen molar-refractivity contribution in [1.82, 2.24) is 15.3 Å². The van der Waals surface area contributed by atoms with Gasteiger partial charge in [0.25, 0.3) is 11.6 Å². The first kappa shape index (κ1) is 14.7. The molecule has 3 aromatic rings. The van der Waals surface area contributed by atoms with Gasteiger partial charge in [0, 0.05) is 17.7 Å². The number of imidazole rings is 1. The van der Waals surface area contributed by atoms with Crippen molar-refractivity contribution in [2.24, 2.45) is 0 Å². The van der Waals surface area contributed by atoms with Gasteiger partial charge < -0.3 is 10.3 Å². The number of hydrogen-bond acceptors (Lipinski definition) is 4. The molecule has 0 spiro atoms. The third kappa shape index (κ3) is 3.03. The summed E-state index contributed by atoms with van der Waals surface area (Å²) in [6.07, 6.45) is 0. The number of aromatic nitrogens is 2. The highest BCUT2D eigenvalue weighted by atomic mass is 16.6. The van der Waals surface area contributed by atoms with Gasteiger partial charge in [-0.05, 0) is 31.2 Å². The summed E-state index contributed by atoms with van der Waals surface area (Å²) < 4.78 is 0. The molecule has 1 heterocycles. The average molecular weight is 310 g/mol. The molecule has 0 saturated carbocycles. The predicted molar refractivity (Wildman–Crippen MR) is 85.1 cm³/mol. The number of nitrogens with one attached hydrogen (secondary N) is 2. The van der Waals surface area contributed by atoms with Crippen molar-refractivity contribution in [1.29, 1.82) is 0 Å². The molecule has 2 aromatic carbocycles. The summed E-state index contributed by atoms with van der Waals surface area (Å²) in [5, 5.41) is 13.4. The van der Waals surface area contributed by atoms with Crippen LogP contribution in [0.3, 0.4) is 0 Å². The Kier molecular flexibility index (Phi) is 3.76. The highest BCUT2D eigenvalue weighted by Gasteiger charge is 2.15. The molecule has 23 heavy (non-hydrogen) atoms. The topological polar surface area (TPSA) is 101 Å². The summed E-state index contributed by atoms with van der Waals surface area (Å²) in [4.78, 5) is 29.9. The van der Waals surface area contributed by atoms with Crippen molar-refractivity contribution in [3.8, 4) is 0 Å². The largest absolute Gasteiger partial charge is 0.342 e. The number of nitrogens with zero attached hydrogens (tertiary/aromatic N) is 2. The lowest BCUT2D eigenvalue weighted by molar-refractivity contribution is -0.384. The molecule has 0 aliphatic carbocycles. The maximum Gasteiger partial charge on any atom is 0.269 e. The van der Waals surface area contributed by atoms with Gasteiger partial charge in [0.05, 0.1) is 22.0 Å². The minimum atomic E-state index is -0.501. The zero-order chi connectivity index (χ0) is 16.4. The van der Waals surface area contributed by atoms with E-state index < -0.39 is 4.92 Å². The Hall–Kier alpha value is -3.22. The van der Waals surface area contributed by atoms with Crippen molar-refractivity contribution < 1.29 is 9.72 Å². The number of amides is 1. The van der Waals surface area contributed by atoms with Crippen LogP contribution in [-0.4, -0.2) is 20.8 Å². The normalized spacial score (nSPS) is 12.0. The fourth-order valence-corrected chi connectivity index (χ4v) is 2.26. The molecular weight excluding hydrogens is 296 g/mol. The first-order chi connectivity index (χ1) is 11.0. The van der Waals surface area contributed by atoms with E-state index in [0.29, 0.717) is 11.4 Å². The van der Waals surface area contributed by atoms with Gasteiger partial charge in [-0.15, -0.1) is 0 Å². The van der Waals surface area contributed by atoms with Crippen LogP contribution in [-0.2, 0) is 0 Å². The van der Waals surface area contributed by atoms with E-state index in [1.165, 1.54) is 24.3 Å². The SMILES string of the molecule is C[C@@H](NC(=O)c1ccc([N+](=O)[O-])cc1)c1nc2ccccc2[nH]1. The molecule has 0 saturated heterocycles. The van der Waals surface area contributed by atoms with Gasteiger partial charge >= 0.3 is 0 Å². The third-order valence-electron chi connectivity index (χ3n) is 3.51. The summed E-state index contributed by atoms with van der Waals surface area (Å²) in [6, 6.07) is 12.8. The van der Waals surface area contributed by atoms with Gasteiger partial charge in [0.2, 0.25) is 0 Å². The maximum atomic E-state index is 12.2. The molecule has 3 rings (SSSR count). The van der Waals surface area contributed by atoms with Crippen molar-refractivity contribution in [2.75, 3.05) is 0 Å².